The van der Waals surface area contributed by atoms with Crippen molar-refractivity contribution in [2.24, 2.45) is 5.92 Å². The molecule has 0 aromatic heterocycles. The van der Waals surface area contributed by atoms with Crippen LogP contribution < -0.4 is 5.32 Å². The first kappa shape index (κ1) is 18.6. The first-order valence-electron chi connectivity index (χ1n) is 8.99. The summed E-state index contributed by atoms with van der Waals surface area (Å²) in [7, 11) is 0. The molecule has 2 N–H and O–H groups in total. The summed E-state index contributed by atoms with van der Waals surface area (Å²) < 4.78 is 0. The molecule has 1 aliphatic rings. The fourth-order valence-corrected chi connectivity index (χ4v) is 3.18. The molecule has 3 rings (SSSR count). The number of amides is 2. The number of carbonyl (C=O) groups is 3. The number of piperidine rings is 1. The van der Waals surface area contributed by atoms with E-state index in [1.165, 1.54) is 0 Å². The van der Waals surface area contributed by atoms with E-state index in [9.17, 15) is 14.4 Å². The highest BCUT2D eigenvalue weighted by atomic mass is 16.4. The molecule has 1 heterocycles. The average molecular weight is 366 g/mol. The van der Waals surface area contributed by atoms with Gasteiger partial charge in [-0.05, 0) is 42.7 Å². The summed E-state index contributed by atoms with van der Waals surface area (Å²) in [5.41, 5.74) is 2.01. The number of rotatable bonds is 5. The number of nitrogens with zero attached hydrogens (tertiary/aromatic N) is 1. The van der Waals surface area contributed by atoms with Crippen molar-refractivity contribution in [1.29, 1.82) is 0 Å². The van der Waals surface area contributed by atoms with Gasteiger partial charge in [-0.15, -0.1) is 0 Å². The van der Waals surface area contributed by atoms with E-state index in [1.54, 1.807) is 41.3 Å². The van der Waals surface area contributed by atoms with Gasteiger partial charge < -0.3 is 15.3 Å². The highest BCUT2D eigenvalue weighted by Crippen LogP contribution is 2.19. The van der Waals surface area contributed by atoms with Gasteiger partial charge >= 0.3 is 5.97 Å². The quantitative estimate of drug-likeness (QED) is 0.851. The van der Waals surface area contributed by atoms with Crippen molar-refractivity contribution in [2.75, 3.05) is 13.1 Å². The molecular formula is C21H22N2O4. The molecule has 6 nitrogen and oxygen atoms in total. The summed E-state index contributed by atoms with van der Waals surface area (Å²) in [6.07, 6.45) is 1.31. The molecular weight excluding hydrogens is 344 g/mol. The van der Waals surface area contributed by atoms with Crippen LogP contribution in [-0.2, 0) is 11.3 Å². The summed E-state index contributed by atoms with van der Waals surface area (Å²) in [5.74, 6) is -1.64. The zero-order valence-corrected chi connectivity index (χ0v) is 14.9. The Labute approximate surface area is 157 Å². The van der Waals surface area contributed by atoms with Crippen LogP contribution in [0.4, 0.5) is 0 Å². The predicted molar refractivity (Wildman–Crippen MR) is 100 cm³/mol. The lowest BCUT2D eigenvalue weighted by Gasteiger charge is -2.30. The molecule has 2 aromatic rings. The Morgan fingerprint density at radius 1 is 1.00 bits per heavy atom. The molecule has 6 heteroatoms. The maximum absolute atomic E-state index is 12.6. The fourth-order valence-electron chi connectivity index (χ4n) is 3.18. The van der Waals surface area contributed by atoms with E-state index in [-0.39, 0.29) is 18.4 Å². The molecule has 140 valence electrons. The van der Waals surface area contributed by atoms with Crippen molar-refractivity contribution in [3.8, 4) is 0 Å². The van der Waals surface area contributed by atoms with Gasteiger partial charge in [0, 0.05) is 30.8 Å². The molecule has 0 saturated carbocycles. The average Bonchev–Trinajstić information content (AvgIpc) is 2.72. The van der Waals surface area contributed by atoms with E-state index in [2.05, 4.69) is 5.32 Å². The fraction of sp³-hybridized carbons (Fsp3) is 0.286. The van der Waals surface area contributed by atoms with Crippen LogP contribution in [0.3, 0.4) is 0 Å². The predicted octanol–water partition coefficient (Wildman–Crippen LogP) is 2.55. The van der Waals surface area contributed by atoms with Gasteiger partial charge in [0.25, 0.3) is 11.8 Å². The van der Waals surface area contributed by atoms with Crippen LogP contribution in [0, 0.1) is 5.92 Å². The van der Waals surface area contributed by atoms with Crippen LogP contribution in [0.2, 0.25) is 0 Å². The second-order valence-corrected chi connectivity index (χ2v) is 6.67. The normalized spacial score (nSPS) is 16.6. The van der Waals surface area contributed by atoms with Crippen molar-refractivity contribution in [3.05, 3.63) is 71.3 Å². The van der Waals surface area contributed by atoms with Crippen molar-refractivity contribution >= 4 is 17.8 Å². The second-order valence-electron chi connectivity index (χ2n) is 6.67. The number of benzene rings is 2. The Bertz CT molecular complexity index is 818. The Morgan fingerprint density at radius 2 is 1.70 bits per heavy atom. The van der Waals surface area contributed by atoms with Gasteiger partial charge in [-0.2, -0.15) is 0 Å². The van der Waals surface area contributed by atoms with Gasteiger partial charge in [0.2, 0.25) is 0 Å². The summed E-state index contributed by atoms with van der Waals surface area (Å²) in [6.45, 7) is 1.20. The van der Waals surface area contributed by atoms with E-state index >= 15 is 0 Å². The minimum atomic E-state index is -0.850. The maximum Gasteiger partial charge on any atom is 0.308 e. The zero-order valence-electron chi connectivity index (χ0n) is 14.9. The SMILES string of the molecule is O=C(NCc1ccc(C(=O)N2CCCC(C(=O)O)C2)cc1)c1ccccc1. The molecule has 0 aliphatic carbocycles. The van der Waals surface area contributed by atoms with Crippen LogP contribution in [-0.4, -0.2) is 40.9 Å². The van der Waals surface area contributed by atoms with Crippen molar-refractivity contribution in [2.45, 2.75) is 19.4 Å². The maximum atomic E-state index is 12.6. The summed E-state index contributed by atoms with van der Waals surface area (Å²) in [5, 5.41) is 12.0. The number of likely N-dealkylation sites (tertiary alicyclic amines) is 1. The Morgan fingerprint density at radius 3 is 2.37 bits per heavy atom. The largest absolute Gasteiger partial charge is 0.481 e. The Hall–Kier alpha value is -3.15. The topological polar surface area (TPSA) is 86.7 Å². The monoisotopic (exact) mass is 366 g/mol. The number of carbonyl (C=O) groups excluding carboxylic acids is 2. The van der Waals surface area contributed by atoms with Gasteiger partial charge in [-0.25, -0.2) is 0 Å². The lowest BCUT2D eigenvalue weighted by Crippen LogP contribution is -2.42. The van der Waals surface area contributed by atoms with E-state index in [0.29, 0.717) is 37.1 Å². The molecule has 1 unspecified atom stereocenters. The van der Waals surface area contributed by atoms with E-state index < -0.39 is 11.9 Å². The number of carboxylic acids is 1. The first-order valence-corrected chi connectivity index (χ1v) is 8.99. The number of nitrogens with one attached hydrogen (secondary N) is 1. The molecule has 0 radical (unpaired) electrons. The van der Waals surface area contributed by atoms with Crippen LogP contribution in [0.1, 0.15) is 39.1 Å². The second kappa shape index (κ2) is 8.49. The van der Waals surface area contributed by atoms with Gasteiger partial charge in [-0.1, -0.05) is 30.3 Å². The van der Waals surface area contributed by atoms with Crippen LogP contribution >= 0.6 is 0 Å². The minimum Gasteiger partial charge on any atom is -0.481 e. The molecule has 1 atom stereocenters. The van der Waals surface area contributed by atoms with Crippen LogP contribution in [0.25, 0.3) is 0 Å². The van der Waals surface area contributed by atoms with E-state index in [0.717, 1.165) is 5.56 Å². The van der Waals surface area contributed by atoms with Gasteiger partial charge in [0.05, 0.1) is 5.92 Å². The third-order valence-electron chi connectivity index (χ3n) is 4.75. The number of hydrogen-bond donors (Lipinski definition) is 2. The summed E-state index contributed by atoms with van der Waals surface area (Å²) >= 11 is 0. The molecule has 27 heavy (non-hydrogen) atoms. The van der Waals surface area contributed by atoms with E-state index in [4.69, 9.17) is 5.11 Å². The highest BCUT2D eigenvalue weighted by molar-refractivity contribution is 5.95. The standard InChI is InChI=1S/C21H22N2O4/c24-19(16-5-2-1-3-6-16)22-13-15-8-10-17(11-9-15)20(25)23-12-4-7-18(14-23)21(26)27/h1-3,5-6,8-11,18H,4,7,12-14H2,(H,22,24)(H,26,27). The minimum absolute atomic E-state index is 0.149. The van der Waals surface area contributed by atoms with Gasteiger partial charge in [0.1, 0.15) is 0 Å². The van der Waals surface area contributed by atoms with Crippen LogP contribution in [0.5, 0.6) is 0 Å². The number of aliphatic carboxylic acids is 1. The number of carboxylic acid groups (broad SMARTS) is 1. The lowest BCUT2D eigenvalue weighted by atomic mass is 9.97. The molecule has 1 aliphatic heterocycles. The van der Waals surface area contributed by atoms with Crippen molar-refractivity contribution in [1.82, 2.24) is 10.2 Å². The smallest absolute Gasteiger partial charge is 0.308 e. The molecule has 1 saturated heterocycles. The molecule has 0 bridgehead atoms. The van der Waals surface area contributed by atoms with Crippen molar-refractivity contribution in [3.63, 3.8) is 0 Å². The number of hydrogen-bond acceptors (Lipinski definition) is 3. The third-order valence-corrected chi connectivity index (χ3v) is 4.75. The molecule has 0 spiro atoms. The summed E-state index contributed by atoms with van der Waals surface area (Å²) in [6, 6.07) is 16.0. The third kappa shape index (κ3) is 4.73. The summed E-state index contributed by atoms with van der Waals surface area (Å²) in [4.78, 5) is 37.4. The zero-order chi connectivity index (χ0) is 19.2. The first-order chi connectivity index (χ1) is 13.0. The highest BCUT2D eigenvalue weighted by Gasteiger charge is 2.28. The van der Waals surface area contributed by atoms with Crippen molar-refractivity contribution < 1.29 is 19.5 Å². The molecule has 1 fully saturated rings. The van der Waals surface area contributed by atoms with Gasteiger partial charge in [-0.3, -0.25) is 14.4 Å². The molecule has 2 amide bonds. The lowest BCUT2D eigenvalue weighted by molar-refractivity contribution is -0.143. The van der Waals surface area contributed by atoms with Crippen LogP contribution in [0.15, 0.2) is 54.6 Å². The Balaban J connectivity index is 1.57. The molecule has 2 aromatic carbocycles. The van der Waals surface area contributed by atoms with E-state index in [1.807, 2.05) is 18.2 Å². The van der Waals surface area contributed by atoms with Gasteiger partial charge in [0.15, 0.2) is 0 Å². The Kier molecular flexibility index (Phi) is 5.86.